The van der Waals surface area contributed by atoms with Crippen LogP contribution >= 0.6 is 15.9 Å². The monoisotopic (exact) mass is 351 g/mol. The molecule has 2 aromatic rings. The van der Waals surface area contributed by atoms with Crippen molar-refractivity contribution in [3.63, 3.8) is 0 Å². The number of ether oxygens (including phenoxy) is 1. The summed E-state index contributed by atoms with van der Waals surface area (Å²) in [6.07, 6.45) is 1.02. The van der Waals surface area contributed by atoms with E-state index in [1.165, 1.54) is 6.07 Å². The topological polar surface area (TPSA) is 21.3 Å². The molecule has 21 heavy (non-hydrogen) atoms. The molecule has 1 atom stereocenters. The third-order valence-electron chi connectivity index (χ3n) is 3.29. The molecule has 112 valence electrons. The Morgan fingerprint density at radius 2 is 1.95 bits per heavy atom. The molecule has 0 saturated heterocycles. The van der Waals surface area contributed by atoms with Crippen LogP contribution in [0.5, 0.6) is 5.75 Å². The molecule has 0 fully saturated rings. The van der Waals surface area contributed by atoms with E-state index in [1.54, 1.807) is 19.2 Å². The minimum Gasteiger partial charge on any atom is -0.496 e. The van der Waals surface area contributed by atoms with E-state index < -0.39 is 0 Å². The van der Waals surface area contributed by atoms with Gasteiger partial charge in [-0.2, -0.15) is 0 Å². The SMILES string of the molecule is CCCNC(c1cccc(F)c1)c1ccc(OC)c(Br)c1. The Morgan fingerprint density at radius 1 is 1.19 bits per heavy atom. The molecule has 0 radical (unpaired) electrons. The molecule has 2 rings (SSSR count). The zero-order chi connectivity index (χ0) is 15.2. The molecule has 0 saturated carbocycles. The van der Waals surface area contributed by atoms with Crippen molar-refractivity contribution in [3.8, 4) is 5.75 Å². The summed E-state index contributed by atoms with van der Waals surface area (Å²) in [5.41, 5.74) is 1.99. The molecular formula is C17H19BrFNO. The van der Waals surface area contributed by atoms with E-state index in [1.807, 2.05) is 24.3 Å². The van der Waals surface area contributed by atoms with Crippen LogP contribution < -0.4 is 10.1 Å². The maximum atomic E-state index is 13.5. The summed E-state index contributed by atoms with van der Waals surface area (Å²) in [6.45, 7) is 2.98. The normalized spacial score (nSPS) is 12.2. The van der Waals surface area contributed by atoms with Crippen LogP contribution in [-0.4, -0.2) is 13.7 Å². The van der Waals surface area contributed by atoms with Crippen LogP contribution in [-0.2, 0) is 0 Å². The highest BCUT2D eigenvalue weighted by Crippen LogP contribution is 2.30. The fraction of sp³-hybridized carbons (Fsp3) is 0.294. The van der Waals surface area contributed by atoms with Crippen LogP contribution in [0.25, 0.3) is 0 Å². The number of hydrogen-bond donors (Lipinski definition) is 1. The van der Waals surface area contributed by atoms with Crippen molar-refractivity contribution in [1.29, 1.82) is 0 Å². The summed E-state index contributed by atoms with van der Waals surface area (Å²) >= 11 is 3.50. The van der Waals surface area contributed by atoms with Gasteiger partial charge in [0, 0.05) is 0 Å². The molecule has 1 unspecified atom stereocenters. The lowest BCUT2D eigenvalue weighted by atomic mass is 9.98. The molecule has 0 spiro atoms. The van der Waals surface area contributed by atoms with Gasteiger partial charge in [-0.15, -0.1) is 0 Å². The second-order valence-electron chi connectivity index (χ2n) is 4.84. The molecule has 0 bridgehead atoms. The molecule has 0 aliphatic rings. The molecule has 2 nitrogen and oxygen atoms in total. The van der Waals surface area contributed by atoms with Crippen LogP contribution in [0.2, 0.25) is 0 Å². The van der Waals surface area contributed by atoms with E-state index in [2.05, 4.69) is 28.2 Å². The zero-order valence-corrected chi connectivity index (χ0v) is 13.8. The van der Waals surface area contributed by atoms with Gasteiger partial charge in [0.05, 0.1) is 17.6 Å². The number of nitrogens with one attached hydrogen (secondary N) is 1. The largest absolute Gasteiger partial charge is 0.496 e. The van der Waals surface area contributed by atoms with Gasteiger partial charge < -0.3 is 10.1 Å². The standard InChI is InChI=1S/C17H19BrFNO/c1-3-9-20-17(12-5-4-6-14(19)10-12)13-7-8-16(21-2)15(18)11-13/h4-8,10-11,17,20H,3,9H2,1-2H3. The Bertz CT molecular complexity index is 603. The van der Waals surface area contributed by atoms with E-state index in [9.17, 15) is 4.39 Å². The van der Waals surface area contributed by atoms with Crippen molar-refractivity contribution in [2.24, 2.45) is 0 Å². The lowest BCUT2D eigenvalue weighted by Gasteiger charge is -2.20. The predicted molar refractivity (Wildman–Crippen MR) is 87.2 cm³/mol. The number of rotatable bonds is 6. The molecule has 4 heteroatoms. The maximum absolute atomic E-state index is 13.5. The average Bonchev–Trinajstić information content (AvgIpc) is 2.48. The molecule has 0 amide bonds. The summed E-state index contributed by atoms with van der Waals surface area (Å²) in [5, 5.41) is 3.47. The lowest BCUT2D eigenvalue weighted by molar-refractivity contribution is 0.411. The highest BCUT2D eigenvalue weighted by molar-refractivity contribution is 9.10. The molecule has 0 aromatic heterocycles. The first-order valence-electron chi connectivity index (χ1n) is 6.98. The van der Waals surface area contributed by atoms with Gasteiger partial charge >= 0.3 is 0 Å². The van der Waals surface area contributed by atoms with Crippen LogP contribution in [0.1, 0.15) is 30.5 Å². The van der Waals surface area contributed by atoms with Gasteiger partial charge in [-0.1, -0.05) is 25.1 Å². The molecule has 0 aliphatic carbocycles. The summed E-state index contributed by atoms with van der Waals surface area (Å²) in [5.74, 6) is 0.565. The van der Waals surface area contributed by atoms with Crippen molar-refractivity contribution >= 4 is 15.9 Å². The Kier molecular flexibility index (Phi) is 5.76. The summed E-state index contributed by atoms with van der Waals surface area (Å²) in [6, 6.07) is 12.6. The van der Waals surface area contributed by atoms with Crippen LogP contribution in [0.15, 0.2) is 46.9 Å². The Balaban J connectivity index is 2.37. The highest BCUT2D eigenvalue weighted by atomic mass is 79.9. The van der Waals surface area contributed by atoms with Gasteiger partial charge in [0.25, 0.3) is 0 Å². The first-order chi connectivity index (χ1) is 10.2. The highest BCUT2D eigenvalue weighted by Gasteiger charge is 2.15. The van der Waals surface area contributed by atoms with Crippen LogP contribution in [0.4, 0.5) is 4.39 Å². The number of methoxy groups -OCH3 is 1. The van der Waals surface area contributed by atoms with Gasteiger partial charge in [-0.3, -0.25) is 0 Å². The predicted octanol–water partition coefficient (Wildman–Crippen LogP) is 4.69. The van der Waals surface area contributed by atoms with Crippen molar-refractivity contribution in [1.82, 2.24) is 5.32 Å². The fourth-order valence-electron chi connectivity index (χ4n) is 2.27. The smallest absolute Gasteiger partial charge is 0.133 e. The van der Waals surface area contributed by atoms with Crippen molar-refractivity contribution in [2.45, 2.75) is 19.4 Å². The van der Waals surface area contributed by atoms with Gasteiger partial charge in [-0.05, 0) is 64.3 Å². The summed E-state index contributed by atoms with van der Waals surface area (Å²) < 4.78 is 19.7. The number of benzene rings is 2. The molecule has 0 heterocycles. The Hall–Kier alpha value is -1.39. The zero-order valence-electron chi connectivity index (χ0n) is 12.2. The lowest BCUT2D eigenvalue weighted by Crippen LogP contribution is -2.23. The second-order valence-corrected chi connectivity index (χ2v) is 5.69. The number of halogens is 2. The number of hydrogen-bond acceptors (Lipinski definition) is 2. The summed E-state index contributed by atoms with van der Waals surface area (Å²) in [4.78, 5) is 0. The van der Waals surface area contributed by atoms with Crippen molar-refractivity contribution in [3.05, 3.63) is 63.9 Å². The molecule has 2 aromatic carbocycles. The van der Waals surface area contributed by atoms with Gasteiger partial charge in [0.15, 0.2) is 0 Å². The van der Waals surface area contributed by atoms with E-state index in [0.29, 0.717) is 0 Å². The minimum atomic E-state index is -0.219. The molecule has 0 aliphatic heterocycles. The molecular weight excluding hydrogens is 333 g/mol. The Labute approximate surface area is 133 Å². The summed E-state index contributed by atoms with van der Waals surface area (Å²) in [7, 11) is 1.64. The van der Waals surface area contributed by atoms with E-state index in [4.69, 9.17) is 4.74 Å². The first-order valence-corrected chi connectivity index (χ1v) is 7.77. The third-order valence-corrected chi connectivity index (χ3v) is 3.91. The maximum Gasteiger partial charge on any atom is 0.133 e. The van der Waals surface area contributed by atoms with E-state index in [-0.39, 0.29) is 11.9 Å². The van der Waals surface area contributed by atoms with E-state index >= 15 is 0 Å². The average molecular weight is 352 g/mol. The van der Waals surface area contributed by atoms with Crippen LogP contribution in [0.3, 0.4) is 0 Å². The quantitative estimate of drug-likeness (QED) is 0.815. The first kappa shape index (κ1) is 16.0. The third kappa shape index (κ3) is 4.05. The van der Waals surface area contributed by atoms with E-state index in [0.717, 1.165) is 34.3 Å². The molecule has 1 N–H and O–H groups in total. The van der Waals surface area contributed by atoms with Crippen LogP contribution in [0, 0.1) is 5.82 Å². The minimum absolute atomic E-state index is 0.0390. The van der Waals surface area contributed by atoms with Gasteiger partial charge in [0.1, 0.15) is 11.6 Å². The second kappa shape index (κ2) is 7.57. The van der Waals surface area contributed by atoms with Gasteiger partial charge in [0.2, 0.25) is 0 Å². The van der Waals surface area contributed by atoms with Crippen molar-refractivity contribution < 1.29 is 9.13 Å². The van der Waals surface area contributed by atoms with Gasteiger partial charge in [-0.25, -0.2) is 4.39 Å². The Morgan fingerprint density at radius 3 is 2.57 bits per heavy atom. The fourth-order valence-corrected chi connectivity index (χ4v) is 2.82. The van der Waals surface area contributed by atoms with Crippen molar-refractivity contribution in [2.75, 3.05) is 13.7 Å².